The first-order valence-corrected chi connectivity index (χ1v) is 14.4. The molecule has 0 unspecified atom stereocenters. The summed E-state index contributed by atoms with van der Waals surface area (Å²) in [5, 5.41) is 4.50. The molecule has 0 aliphatic carbocycles. The third-order valence-electron chi connectivity index (χ3n) is 6.43. The number of carbonyl (C=O) groups is 1. The van der Waals surface area contributed by atoms with E-state index < -0.39 is 0 Å². The zero-order valence-corrected chi connectivity index (χ0v) is 23.4. The van der Waals surface area contributed by atoms with Crippen LogP contribution in [-0.4, -0.2) is 42.0 Å². The fourth-order valence-electron chi connectivity index (χ4n) is 4.41. The number of thioether (sulfide) groups is 1. The minimum absolute atomic E-state index is 0.0616. The average molecular weight is 560 g/mol. The predicted octanol–water partition coefficient (Wildman–Crippen LogP) is 5.32. The van der Waals surface area contributed by atoms with Crippen molar-refractivity contribution < 1.29 is 14.3 Å². The molecule has 0 saturated heterocycles. The maximum absolute atomic E-state index is 13.6. The van der Waals surface area contributed by atoms with Gasteiger partial charge in [-0.25, -0.2) is 4.98 Å². The van der Waals surface area contributed by atoms with Crippen LogP contribution in [0.15, 0.2) is 82.7 Å². The highest BCUT2D eigenvalue weighted by Crippen LogP contribution is 2.32. The Morgan fingerprint density at radius 1 is 0.949 bits per heavy atom. The molecule has 2 aromatic heterocycles. The van der Waals surface area contributed by atoms with Gasteiger partial charge in [-0.15, -0.1) is 11.3 Å². The third kappa shape index (κ3) is 6.10. The number of thiophene rings is 1. The molecule has 200 valence electrons. The van der Waals surface area contributed by atoms with Gasteiger partial charge in [-0.1, -0.05) is 66.4 Å². The fourth-order valence-corrected chi connectivity index (χ4v) is 6.35. The molecule has 1 amide bonds. The van der Waals surface area contributed by atoms with Crippen molar-refractivity contribution >= 4 is 49.3 Å². The molecule has 1 N–H and O–H groups in total. The molecule has 0 saturated carbocycles. The van der Waals surface area contributed by atoms with Crippen LogP contribution >= 0.6 is 23.1 Å². The van der Waals surface area contributed by atoms with E-state index in [-0.39, 0.29) is 17.2 Å². The lowest BCUT2D eigenvalue weighted by atomic mass is 10.1. The van der Waals surface area contributed by atoms with Crippen molar-refractivity contribution in [2.75, 3.05) is 26.5 Å². The van der Waals surface area contributed by atoms with E-state index in [4.69, 9.17) is 14.5 Å². The van der Waals surface area contributed by atoms with Crippen LogP contribution < -0.4 is 20.3 Å². The monoisotopic (exact) mass is 559 g/mol. The van der Waals surface area contributed by atoms with Gasteiger partial charge in [-0.05, 0) is 42.2 Å². The van der Waals surface area contributed by atoms with Gasteiger partial charge in [0.15, 0.2) is 16.7 Å². The summed E-state index contributed by atoms with van der Waals surface area (Å²) in [5.74, 6) is 1.38. The molecule has 39 heavy (non-hydrogen) atoms. The molecule has 9 heteroatoms. The van der Waals surface area contributed by atoms with Crippen molar-refractivity contribution in [3.05, 3.63) is 94.3 Å². The van der Waals surface area contributed by atoms with Crippen LogP contribution in [0.1, 0.15) is 11.1 Å². The normalized spacial score (nSPS) is 11.1. The van der Waals surface area contributed by atoms with Crippen molar-refractivity contribution in [1.29, 1.82) is 0 Å². The molecule has 0 bridgehead atoms. The molecule has 2 heterocycles. The molecule has 0 atom stereocenters. The molecule has 0 spiro atoms. The summed E-state index contributed by atoms with van der Waals surface area (Å²) in [6.07, 6.45) is 1.35. The van der Waals surface area contributed by atoms with E-state index in [1.165, 1.54) is 23.1 Å². The van der Waals surface area contributed by atoms with Crippen molar-refractivity contribution in [1.82, 2.24) is 14.9 Å². The van der Waals surface area contributed by atoms with Crippen LogP contribution in [0.25, 0.3) is 20.3 Å². The van der Waals surface area contributed by atoms with E-state index in [2.05, 4.69) is 17.4 Å². The van der Waals surface area contributed by atoms with Crippen LogP contribution in [-0.2, 0) is 24.2 Å². The van der Waals surface area contributed by atoms with Crippen LogP contribution in [0.5, 0.6) is 11.5 Å². The van der Waals surface area contributed by atoms with E-state index in [0.29, 0.717) is 52.8 Å². The van der Waals surface area contributed by atoms with Crippen LogP contribution in [0.2, 0.25) is 0 Å². The lowest BCUT2D eigenvalue weighted by Gasteiger charge is -2.13. The van der Waals surface area contributed by atoms with E-state index in [9.17, 15) is 9.59 Å². The number of amides is 1. The van der Waals surface area contributed by atoms with Gasteiger partial charge in [-0.3, -0.25) is 14.2 Å². The Labute approximate surface area is 234 Å². The summed E-state index contributed by atoms with van der Waals surface area (Å²) in [7, 11) is 3.20. The summed E-state index contributed by atoms with van der Waals surface area (Å²) in [6.45, 7) is 0.973. The number of fused-ring (bicyclic) bond motifs is 3. The standard InChI is InChI=1S/C30H29N3O4S2/c1-36-23-13-12-21(18-24(23)37-2)14-16-31-26(34)19-38-30-32-27-22-10-6-7-11-25(22)39-28(27)29(35)33(30)17-15-20-8-4-3-5-9-20/h3-13,18H,14-17,19H2,1-2H3,(H,31,34). The Morgan fingerprint density at radius 3 is 2.51 bits per heavy atom. The number of hydrogen-bond acceptors (Lipinski definition) is 7. The first-order valence-electron chi connectivity index (χ1n) is 12.6. The molecule has 0 aliphatic heterocycles. The Morgan fingerprint density at radius 2 is 1.72 bits per heavy atom. The number of nitrogens with one attached hydrogen (secondary N) is 1. The minimum Gasteiger partial charge on any atom is -0.493 e. The molecule has 5 rings (SSSR count). The number of methoxy groups -OCH3 is 2. The SMILES string of the molecule is COc1ccc(CCNC(=O)CSc2nc3c(sc4ccccc43)c(=O)n2CCc2ccccc2)cc1OC. The second-order valence-corrected chi connectivity index (χ2v) is 10.9. The van der Waals surface area contributed by atoms with Gasteiger partial charge in [-0.2, -0.15) is 0 Å². The van der Waals surface area contributed by atoms with Crippen LogP contribution in [0.3, 0.4) is 0 Å². The van der Waals surface area contributed by atoms with E-state index in [1.807, 2.05) is 60.7 Å². The van der Waals surface area contributed by atoms with Gasteiger partial charge in [0.2, 0.25) is 5.91 Å². The number of aromatic nitrogens is 2. The molecule has 7 nitrogen and oxygen atoms in total. The second-order valence-electron chi connectivity index (χ2n) is 8.94. The quantitative estimate of drug-likeness (QED) is 0.174. The van der Waals surface area contributed by atoms with Crippen molar-refractivity contribution in [2.45, 2.75) is 24.5 Å². The predicted molar refractivity (Wildman–Crippen MR) is 159 cm³/mol. The molecular formula is C30H29N3O4S2. The average Bonchev–Trinajstić information content (AvgIpc) is 3.35. The Balaban J connectivity index is 1.31. The molecule has 5 aromatic rings. The van der Waals surface area contributed by atoms with E-state index in [0.717, 1.165) is 21.2 Å². The van der Waals surface area contributed by atoms with Gasteiger partial charge >= 0.3 is 0 Å². The van der Waals surface area contributed by atoms with Gasteiger partial charge in [0.05, 0.1) is 25.5 Å². The topological polar surface area (TPSA) is 82.5 Å². The molecule has 0 aliphatic rings. The van der Waals surface area contributed by atoms with Crippen molar-refractivity contribution in [3.8, 4) is 11.5 Å². The summed E-state index contributed by atoms with van der Waals surface area (Å²) < 4.78 is 14.0. The van der Waals surface area contributed by atoms with Crippen LogP contribution in [0.4, 0.5) is 0 Å². The number of ether oxygens (including phenoxy) is 2. The van der Waals surface area contributed by atoms with Gasteiger partial charge in [0.25, 0.3) is 5.56 Å². The largest absolute Gasteiger partial charge is 0.493 e. The van der Waals surface area contributed by atoms with Crippen molar-refractivity contribution in [2.24, 2.45) is 0 Å². The van der Waals surface area contributed by atoms with Gasteiger partial charge < -0.3 is 14.8 Å². The third-order valence-corrected chi connectivity index (χ3v) is 8.55. The summed E-state index contributed by atoms with van der Waals surface area (Å²) in [5.41, 5.74) is 2.82. The lowest BCUT2D eigenvalue weighted by Crippen LogP contribution is -2.28. The zero-order valence-electron chi connectivity index (χ0n) is 21.8. The fraction of sp³-hybridized carbons (Fsp3) is 0.233. The smallest absolute Gasteiger partial charge is 0.272 e. The molecule has 3 aromatic carbocycles. The Kier molecular flexibility index (Phi) is 8.48. The maximum atomic E-state index is 13.6. The first kappa shape index (κ1) is 26.8. The van der Waals surface area contributed by atoms with Crippen LogP contribution in [0, 0.1) is 0 Å². The minimum atomic E-state index is -0.111. The summed E-state index contributed by atoms with van der Waals surface area (Å²) in [4.78, 5) is 31.3. The number of rotatable bonds is 11. The zero-order chi connectivity index (χ0) is 27.2. The molecule has 0 radical (unpaired) electrons. The van der Waals surface area contributed by atoms with E-state index >= 15 is 0 Å². The summed E-state index contributed by atoms with van der Waals surface area (Å²) >= 11 is 2.77. The van der Waals surface area contributed by atoms with Crippen molar-refractivity contribution in [3.63, 3.8) is 0 Å². The molecular weight excluding hydrogens is 530 g/mol. The Bertz CT molecular complexity index is 1660. The number of aryl methyl sites for hydroxylation is 1. The second kappa shape index (κ2) is 12.4. The summed E-state index contributed by atoms with van der Waals surface area (Å²) in [6, 6.07) is 23.7. The van der Waals surface area contributed by atoms with E-state index in [1.54, 1.807) is 18.8 Å². The highest BCUT2D eigenvalue weighted by atomic mass is 32.2. The highest BCUT2D eigenvalue weighted by Gasteiger charge is 2.17. The van der Waals surface area contributed by atoms with Gasteiger partial charge in [0.1, 0.15) is 4.70 Å². The maximum Gasteiger partial charge on any atom is 0.272 e. The highest BCUT2D eigenvalue weighted by molar-refractivity contribution is 7.99. The first-order chi connectivity index (χ1) is 19.1. The molecule has 0 fully saturated rings. The lowest BCUT2D eigenvalue weighted by molar-refractivity contribution is -0.118. The Hall–Kier alpha value is -3.82. The number of benzene rings is 3. The number of nitrogens with zero attached hydrogens (tertiary/aromatic N) is 2. The number of carbonyl (C=O) groups excluding carboxylic acids is 1. The van der Waals surface area contributed by atoms with Gasteiger partial charge in [0, 0.05) is 23.2 Å². The number of hydrogen-bond donors (Lipinski definition) is 1.